The molecule has 0 amide bonds. The quantitative estimate of drug-likeness (QED) is 0.567. The van der Waals surface area contributed by atoms with Crippen molar-refractivity contribution in [1.29, 1.82) is 5.26 Å². The highest BCUT2D eigenvalue weighted by Gasteiger charge is 2.58. The van der Waals surface area contributed by atoms with Crippen LogP contribution in [-0.4, -0.2) is 42.0 Å². The van der Waals surface area contributed by atoms with Crippen LogP contribution in [-0.2, 0) is 9.53 Å². The largest absolute Gasteiger partial charge is 0.475 e. The van der Waals surface area contributed by atoms with Crippen molar-refractivity contribution in [3.63, 3.8) is 0 Å². The van der Waals surface area contributed by atoms with Gasteiger partial charge in [0.05, 0.1) is 23.1 Å². The van der Waals surface area contributed by atoms with Gasteiger partial charge in [-0.1, -0.05) is 24.3 Å². The van der Waals surface area contributed by atoms with Crippen LogP contribution in [0.3, 0.4) is 0 Å². The van der Waals surface area contributed by atoms with Gasteiger partial charge in [-0.15, -0.1) is 0 Å². The zero-order valence-corrected chi connectivity index (χ0v) is 19.2. The highest BCUT2D eigenvalue weighted by molar-refractivity contribution is 6.34. The third-order valence-corrected chi connectivity index (χ3v) is 6.88. The van der Waals surface area contributed by atoms with E-state index < -0.39 is 11.5 Å². The van der Waals surface area contributed by atoms with Gasteiger partial charge in [0.1, 0.15) is 5.69 Å². The molecule has 0 aliphatic carbocycles. The number of carbonyl (C=O) groups is 2. The maximum absolute atomic E-state index is 14.3. The van der Waals surface area contributed by atoms with Gasteiger partial charge in [0.2, 0.25) is 12.6 Å². The second kappa shape index (κ2) is 8.63. The Bertz CT molecular complexity index is 1440. The fraction of sp³-hybridized carbons (Fsp3) is 0.214. The molecule has 178 valence electrons. The molecule has 6 rings (SSSR count). The number of rotatable bonds is 4. The van der Waals surface area contributed by atoms with Gasteiger partial charge in [-0.25, -0.2) is 0 Å². The molecule has 8 nitrogen and oxygen atoms in total. The van der Waals surface area contributed by atoms with Crippen LogP contribution in [0.25, 0.3) is 11.3 Å². The molecule has 3 aliphatic heterocycles. The van der Waals surface area contributed by atoms with Crippen molar-refractivity contribution in [3.05, 3.63) is 89.2 Å². The Morgan fingerprint density at radius 3 is 2.69 bits per heavy atom. The molecule has 2 aromatic carbocycles. The van der Waals surface area contributed by atoms with Crippen LogP contribution in [0, 0.1) is 17.2 Å². The number of hydrogen-bond donors (Lipinski definition) is 1. The van der Waals surface area contributed by atoms with Crippen LogP contribution in [0.1, 0.15) is 33.6 Å². The molecule has 1 fully saturated rings. The highest BCUT2D eigenvalue weighted by Crippen LogP contribution is 2.49. The second-order valence-corrected chi connectivity index (χ2v) is 8.87. The molecule has 0 bridgehead atoms. The minimum absolute atomic E-state index is 0.117. The molecule has 3 aromatic rings. The number of nitrogens with one attached hydrogen (secondary N) is 1. The lowest BCUT2D eigenvalue weighted by Crippen LogP contribution is -2.57. The summed E-state index contributed by atoms with van der Waals surface area (Å²) in [6.45, 7) is 0.924. The smallest absolute Gasteiger partial charge is 0.231 e. The summed E-state index contributed by atoms with van der Waals surface area (Å²) < 4.78 is 17.5. The minimum atomic E-state index is -1.38. The summed E-state index contributed by atoms with van der Waals surface area (Å²) in [5.41, 5.74) is 0.999. The fourth-order valence-corrected chi connectivity index (χ4v) is 5.05. The fourth-order valence-electron chi connectivity index (χ4n) is 5.05. The van der Waals surface area contributed by atoms with Crippen molar-refractivity contribution >= 4 is 22.9 Å². The van der Waals surface area contributed by atoms with Gasteiger partial charge in [0.15, 0.2) is 28.6 Å². The topological polar surface area (TPSA) is 111 Å². The standard InChI is InChI=1S/C28H21N3O5/c29-14-17-4-6-18(7-5-17)25(32)20-15-30-12-10-28(20)27(33)24(26(36-28)21-3-1-2-11-31-21)19-8-9-22-23(13-19)35-16-34-22/h1-9,11,13,20,30H,10,12,15-16H2. The SMILES string of the molecule is N#Cc1ccc(C(=O)C2CNCCC23OC(c2ccccn2)=C(c2ccc4c(c2)OCO4)C3=O)cc1. The summed E-state index contributed by atoms with van der Waals surface area (Å²) >= 11 is 0. The van der Waals surface area contributed by atoms with E-state index in [0.29, 0.717) is 58.2 Å². The third-order valence-electron chi connectivity index (χ3n) is 6.88. The molecule has 2 unspecified atom stereocenters. The van der Waals surface area contributed by atoms with Crippen LogP contribution in [0.5, 0.6) is 11.5 Å². The molecule has 1 spiro atoms. The number of piperidine rings is 1. The van der Waals surface area contributed by atoms with Crippen molar-refractivity contribution in [2.75, 3.05) is 19.9 Å². The summed E-state index contributed by atoms with van der Waals surface area (Å²) in [6, 6.07) is 19.2. The van der Waals surface area contributed by atoms with E-state index >= 15 is 0 Å². The number of pyridine rings is 1. The van der Waals surface area contributed by atoms with Crippen molar-refractivity contribution in [2.24, 2.45) is 5.92 Å². The number of nitrogens with zero attached hydrogens (tertiary/aromatic N) is 2. The van der Waals surface area contributed by atoms with Gasteiger partial charge in [-0.3, -0.25) is 14.6 Å². The molecular formula is C28H21N3O5. The predicted molar refractivity (Wildman–Crippen MR) is 129 cm³/mol. The maximum Gasteiger partial charge on any atom is 0.231 e. The van der Waals surface area contributed by atoms with E-state index in [1.165, 1.54) is 0 Å². The summed E-state index contributed by atoms with van der Waals surface area (Å²) in [5.74, 6) is 0.263. The van der Waals surface area contributed by atoms with Crippen molar-refractivity contribution in [1.82, 2.24) is 10.3 Å². The molecule has 0 saturated carbocycles. The van der Waals surface area contributed by atoms with E-state index in [4.69, 9.17) is 19.5 Å². The van der Waals surface area contributed by atoms with Crippen LogP contribution >= 0.6 is 0 Å². The zero-order chi connectivity index (χ0) is 24.7. The number of aromatic nitrogens is 1. The first-order valence-electron chi connectivity index (χ1n) is 11.7. The van der Waals surface area contributed by atoms with Crippen LogP contribution in [0.15, 0.2) is 66.9 Å². The van der Waals surface area contributed by atoms with Crippen LogP contribution in [0.4, 0.5) is 0 Å². The van der Waals surface area contributed by atoms with Gasteiger partial charge in [-0.2, -0.15) is 5.26 Å². The molecule has 1 N–H and O–H groups in total. The number of nitriles is 1. The number of ether oxygens (including phenoxy) is 3. The van der Waals surface area contributed by atoms with Gasteiger partial charge in [0, 0.05) is 24.7 Å². The zero-order valence-electron chi connectivity index (χ0n) is 19.2. The molecular weight excluding hydrogens is 458 g/mol. The summed E-state index contributed by atoms with van der Waals surface area (Å²) in [7, 11) is 0. The van der Waals surface area contributed by atoms with Gasteiger partial charge >= 0.3 is 0 Å². The number of hydrogen-bond acceptors (Lipinski definition) is 8. The normalized spacial score (nSPS) is 22.4. The van der Waals surface area contributed by atoms with E-state index in [1.54, 1.807) is 60.8 Å². The Morgan fingerprint density at radius 1 is 1.08 bits per heavy atom. The Labute approximate surface area is 207 Å². The van der Waals surface area contributed by atoms with Gasteiger partial charge < -0.3 is 19.5 Å². The van der Waals surface area contributed by atoms with Crippen LogP contribution < -0.4 is 14.8 Å². The van der Waals surface area contributed by atoms with E-state index in [0.717, 1.165) is 0 Å². The molecule has 1 aromatic heterocycles. The second-order valence-electron chi connectivity index (χ2n) is 8.87. The molecule has 4 heterocycles. The molecule has 36 heavy (non-hydrogen) atoms. The lowest BCUT2D eigenvalue weighted by Gasteiger charge is -2.39. The van der Waals surface area contributed by atoms with Crippen molar-refractivity contribution in [2.45, 2.75) is 12.0 Å². The average molecular weight is 479 g/mol. The van der Waals surface area contributed by atoms with E-state index in [1.807, 2.05) is 6.07 Å². The number of ketones is 2. The van der Waals surface area contributed by atoms with Crippen LogP contribution in [0.2, 0.25) is 0 Å². The third kappa shape index (κ3) is 3.44. The summed E-state index contributed by atoms with van der Waals surface area (Å²) in [6.07, 6.45) is 1.96. The number of carbonyl (C=O) groups excluding carboxylic acids is 2. The van der Waals surface area contributed by atoms with E-state index in [9.17, 15) is 9.59 Å². The first-order valence-corrected chi connectivity index (χ1v) is 11.7. The summed E-state index contributed by atoms with van der Waals surface area (Å²) in [4.78, 5) is 32.5. The Morgan fingerprint density at radius 2 is 1.92 bits per heavy atom. The average Bonchev–Trinajstić information content (AvgIpc) is 3.51. The number of fused-ring (bicyclic) bond motifs is 1. The first kappa shape index (κ1) is 22.0. The Kier molecular flexibility index (Phi) is 5.28. The monoisotopic (exact) mass is 479 g/mol. The minimum Gasteiger partial charge on any atom is -0.475 e. The first-order chi connectivity index (χ1) is 17.6. The van der Waals surface area contributed by atoms with E-state index in [2.05, 4.69) is 16.4 Å². The highest BCUT2D eigenvalue weighted by atomic mass is 16.7. The predicted octanol–water partition coefficient (Wildman–Crippen LogP) is 3.38. The van der Waals surface area contributed by atoms with Gasteiger partial charge in [-0.05, 0) is 48.5 Å². The molecule has 3 aliphatic rings. The van der Waals surface area contributed by atoms with Crippen molar-refractivity contribution < 1.29 is 23.8 Å². The van der Waals surface area contributed by atoms with Gasteiger partial charge in [0.25, 0.3) is 0 Å². The molecule has 8 heteroatoms. The number of benzene rings is 2. The van der Waals surface area contributed by atoms with E-state index in [-0.39, 0.29) is 24.9 Å². The summed E-state index contributed by atoms with van der Waals surface area (Å²) in [5, 5.41) is 12.4. The van der Waals surface area contributed by atoms with Crippen molar-refractivity contribution in [3.8, 4) is 17.6 Å². The molecule has 0 radical (unpaired) electrons. The lowest BCUT2D eigenvalue weighted by molar-refractivity contribution is -0.133. The molecule has 1 saturated heterocycles. The lowest BCUT2D eigenvalue weighted by atomic mass is 9.73. The number of Topliss-reactive ketones (excluding diaryl/α,β-unsaturated/α-hetero) is 2. The maximum atomic E-state index is 14.3. The Balaban J connectivity index is 1.45. The molecule has 2 atom stereocenters. The Hall–Kier alpha value is -4.48.